The third-order valence-electron chi connectivity index (χ3n) is 2.67. The van der Waals surface area contributed by atoms with Gasteiger partial charge in [0.1, 0.15) is 17.5 Å². The number of sulfonamides is 1. The summed E-state index contributed by atoms with van der Waals surface area (Å²) in [6, 6.07) is 6.44. The molecule has 0 radical (unpaired) electrons. The minimum Gasteiger partial charge on any atom is -0.399 e. The fourth-order valence-electron chi connectivity index (χ4n) is 1.69. The number of nitrogen functional groups attached to an aromatic ring is 1. The number of halogens is 3. The van der Waals surface area contributed by atoms with Gasteiger partial charge in [-0.3, -0.25) is 0 Å². The van der Waals surface area contributed by atoms with Gasteiger partial charge in [-0.15, -0.1) is 0 Å². The van der Waals surface area contributed by atoms with Crippen molar-refractivity contribution < 1.29 is 21.6 Å². The Morgan fingerprint density at radius 1 is 1.00 bits per heavy atom. The zero-order valence-electron chi connectivity index (χ0n) is 10.6. The molecule has 0 amide bonds. The van der Waals surface area contributed by atoms with Crippen molar-refractivity contribution in [2.75, 3.05) is 5.73 Å². The second kappa shape index (κ2) is 5.74. The van der Waals surface area contributed by atoms with E-state index in [0.717, 1.165) is 24.3 Å². The highest BCUT2D eigenvalue weighted by atomic mass is 32.2. The monoisotopic (exact) mass is 316 g/mol. The van der Waals surface area contributed by atoms with Crippen molar-refractivity contribution in [3.05, 3.63) is 59.4 Å². The number of hydrogen-bond donors (Lipinski definition) is 2. The summed E-state index contributed by atoms with van der Waals surface area (Å²) in [5.41, 5.74) is 5.44. The summed E-state index contributed by atoms with van der Waals surface area (Å²) in [4.78, 5) is -1.10. The smallest absolute Gasteiger partial charge is 0.246 e. The normalized spacial score (nSPS) is 11.6. The minimum absolute atomic E-state index is 0.220. The molecule has 2 aromatic carbocycles. The Balaban J connectivity index is 2.25. The van der Waals surface area contributed by atoms with E-state index < -0.39 is 32.4 Å². The Labute approximate surface area is 119 Å². The van der Waals surface area contributed by atoms with Crippen LogP contribution in [0.5, 0.6) is 0 Å². The largest absolute Gasteiger partial charge is 0.399 e. The Morgan fingerprint density at radius 2 is 1.52 bits per heavy atom. The summed E-state index contributed by atoms with van der Waals surface area (Å²) in [6.45, 7) is -0.230. The van der Waals surface area contributed by atoms with Gasteiger partial charge in [-0.2, -0.15) is 0 Å². The molecule has 0 aliphatic rings. The van der Waals surface area contributed by atoms with Crippen LogP contribution in [-0.4, -0.2) is 8.42 Å². The van der Waals surface area contributed by atoms with E-state index in [-0.39, 0.29) is 12.2 Å². The van der Waals surface area contributed by atoms with Gasteiger partial charge in [0.25, 0.3) is 0 Å². The maximum atomic E-state index is 13.6. The number of nitrogens with two attached hydrogens (primary N) is 1. The van der Waals surface area contributed by atoms with E-state index in [1.807, 2.05) is 4.72 Å². The molecule has 0 spiro atoms. The van der Waals surface area contributed by atoms with E-state index in [2.05, 4.69) is 0 Å². The average molecular weight is 316 g/mol. The summed E-state index contributed by atoms with van der Waals surface area (Å²) in [5.74, 6) is -3.03. The number of nitrogens with one attached hydrogen (secondary N) is 1. The molecule has 0 aliphatic carbocycles. The number of hydrogen-bond acceptors (Lipinski definition) is 3. The van der Waals surface area contributed by atoms with Crippen molar-refractivity contribution >= 4 is 15.7 Å². The van der Waals surface area contributed by atoms with Crippen LogP contribution in [0.25, 0.3) is 0 Å². The van der Waals surface area contributed by atoms with Crippen LogP contribution in [0.3, 0.4) is 0 Å². The third kappa shape index (κ3) is 3.53. The lowest BCUT2D eigenvalue weighted by atomic mass is 10.2. The molecule has 0 atom stereocenters. The predicted octanol–water partition coefficient (Wildman–Crippen LogP) is 2.16. The standard InChI is InChI=1S/C13H11F3N2O2S/c14-9-3-1-8(2-4-9)7-18-21(19,20)13-11(15)5-10(17)6-12(13)16/h1-6,18H,7,17H2. The van der Waals surface area contributed by atoms with E-state index in [4.69, 9.17) is 5.73 Å². The fourth-order valence-corrected chi connectivity index (χ4v) is 2.82. The van der Waals surface area contributed by atoms with Crippen LogP contribution < -0.4 is 10.5 Å². The van der Waals surface area contributed by atoms with Crippen LogP contribution >= 0.6 is 0 Å². The maximum absolute atomic E-state index is 13.6. The number of anilines is 1. The van der Waals surface area contributed by atoms with E-state index in [1.165, 1.54) is 12.1 Å². The van der Waals surface area contributed by atoms with Gasteiger partial charge in [0.2, 0.25) is 10.0 Å². The first kappa shape index (κ1) is 15.3. The first-order valence-electron chi connectivity index (χ1n) is 5.78. The molecule has 2 aromatic rings. The lowest BCUT2D eigenvalue weighted by molar-refractivity contribution is 0.514. The van der Waals surface area contributed by atoms with Crippen molar-refractivity contribution in [2.45, 2.75) is 11.4 Å². The molecule has 112 valence electrons. The molecule has 0 saturated heterocycles. The molecule has 0 fully saturated rings. The molecule has 0 aliphatic heterocycles. The highest BCUT2D eigenvalue weighted by molar-refractivity contribution is 7.89. The number of benzene rings is 2. The van der Waals surface area contributed by atoms with Gasteiger partial charge in [-0.05, 0) is 29.8 Å². The van der Waals surface area contributed by atoms with Crippen LogP contribution in [0.1, 0.15) is 5.56 Å². The van der Waals surface area contributed by atoms with Crippen molar-refractivity contribution in [1.29, 1.82) is 0 Å². The SMILES string of the molecule is Nc1cc(F)c(S(=O)(=O)NCc2ccc(F)cc2)c(F)c1. The van der Waals surface area contributed by atoms with Gasteiger partial charge in [0, 0.05) is 12.2 Å². The molecular formula is C13H11F3N2O2S. The Bertz CT molecular complexity index is 738. The first-order chi connectivity index (χ1) is 9.79. The summed E-state index contributed by atoms with van der Waals surface area (Å²) in [7, 11) is -4.40. The molecule has 0 unspecified atom stereocenters. The molecule has 0 saturated carbocycles. The zero-order valence-corrected chi connectivity index (χ0v) is 11.4. The Hall–Kier alpha value is -2.06. The van der Waals surface area contributed by atoms with Crippen LogP contribution in [0, 0.1) is 17.5 Å². The number of rotatable bonds is 4. The second-order valence-electron chi connectivity index (χ2n) is 4.26. The van der Waals surface area contributed by atoms with Gasteiger partial charge in [-0.25, -0.2) is 26.3 Å². The van der Waals surface area contributed by atoms with Gasteiger partial charge < -0.3 is 5.73 Å². The molecule has 4 nitrogen and oxygen atoms in total. The molecular weight excluding hydrogens is 305 g/mol. The zero-order chi connectivity index (χ0) is 15.6. The van der Waals surface area contributed by atoms with Crippen LogP contribution in [0.15, 0.2) is 41.3 Å². The topological polar surface area (TPSA) is 72.2 Å². The fraction of sp³-hybridized carbons (Fsp3) is 0.0769. The summed E-state index contributed by atoms with van der Waals surface area (Å²) >= 11 is 0. The van der Waals surface area contributed by atoms with Crippen LogP contribution in [-0.2, 0) is 16.6 Å². The van der Waals surface area contributed by atoms with Gasteiger partial charge >= 0.3 is 0 Å². The van der Waals surface area contributed by atoms with E-state index in [1.54, 1.807) is 0 Å². The maximum Gasteiger partial charge on any atom is 0.246 e. The Morgan fingerprint density at radius 3 is 2.05 bits per heavy atom. The quantitative estimate of drug-likeness (QED) is 0.849. The molecule has 0 heterocycles. The van der Waals surface area contributed by atoms with Gasteiger partial charge in [0.05, 0.1) is 0 Å². The summed E-state index contributed by atoms with van der Waals surface area (Å²) in [5, 5.41) is 0. The summed E-state index contributed by atoms with van der Waals surface area (Å²) < 4.78 is 65.8. The minimum atomic E-state index is -4.40. The highest BCUT2D eigenvalue weighted by Gasteiger charge is 2.24. The average Bonchev–Trinajstić information content (AvgIpc) is 2.36. The molecule has 21 heavy (non-hydrogen) atoms. The first-order valence-corrected chi connectivity index (χ1v) is 7.26. The van der Waals surface area contributed by atoms with Gasteiger partial charge in [-0.1, -0.05) is 12.1 Å². The molecule has 0 aromatic heterocycles. The molecule has 0 bridgehead atoms. The second-order valence-corrected chi connectivity index (χ2v) is 5.97. The van der Waals surface area contributed by atoms with Crippen molar-refractivity contribution in [3.8, 4) is 0 Å². The molecule has 2 rings (SSSR count). The molecule has 3 N–H and O–H groups in total. The predicted molar refractivity (Wildman–Crippen MR) is 71.2 cm³/mol. The van der Waals surface area contributed by atoms with E-state index >= 15 is 0 Å². The van der Waals surface area contributed by atoms with E-state index in [0.29, 0.717) is 5.56 Å². The van der Waals surface area contributed by atoms with Gasteiger partial charge in [0.15, 0.2) is 4.90 Å². The van der Waals surface area contributed by atoms with Crippen molar-refractivity contribution in [3.63, 3.8) is 0 Å². The van der Waals surface area contributed by atoms with Crippen molar-refractivity contribution in [2.24, 2.45) is 0 Å². The lowest BCUT2D eigenvalue weighted by Crippen LogP contribution is -2.25. The highest BCUT2D eigenvalue weighted by Crippen LogP contribution is 2.21. The summed E-state index contributed by atoms with van der Waals surface area (Å²) in [6.07, 6.45) is 0. The van der Waals surface area contributed by atoms with Crippen molar-refractivity contribution in [1.82, 2.24) is 4.72 Å². The molecule has 8 heteroatoms. The Kier molecular flexibility index (Phi) is 4.19. The van der Waals surface area contributed by atoms with Crippen LogP contribution in [0.4, 0.5) is 18.9 Å². The van der Waals surface area contributed by atoms with E-state index in [9.17, 15) is 21.6 Å². The third-order valence-corrected chi connectivity index (χ3v) is 4.12. The lowest BCUT2D eigenvalue weighted by Gasteiger charge is -2.09. The van der Waals surface area contributed by atoms with Crippen LogP contribution in [0.2, 0.25) is 0 Å².